The van der Waals surface area contributed by atoms with Gasteiger partial charge in [0.2, 0.25) is 10.0 Å². The average molecular weight is 395 g/mol. The number of rotatable bonds is 7. The summed E-state index contributed by atoms with van der Waals surface area (Å²) in [4.78, 5) is 20.7. The number of benzene rings is 1. The number of nitrogens with one attached hydrogen (secondary N) is 1. The fourth-order valence-electron chi connectivity index (χ4n) is 1.78. The van der Waals surface area contributed by atoms with E-state index in [0.29, 0.717) is 4.47 Å². The number of carboxylic acid groups (broad SMARTS) is 1. The molecule has 0 spiro atoms. The summed E-state index contributed by atoms with van der Waals surface area (Å²) in [6, 6.07) is 2.08. The van der Waals surface area contributed by atoms with Crippen LogP contribution in [0.1, 0.15) is 20.3 Å². The molecule has 0 unspecified atom stereocenters. The SMILES string of the molecule is CC(C)C[C@H](NS(=O)(=O)c1ccc(Br)cc1[N+](=O)[O-])C(=O)O. The van der Waals surface area contributed by atoms with E-state index in [-0.39, 0.29) is 12.3 Å². The molecule has 1 atom stereocenters. The van der Waals surface area contributed by atoms with Gasteiger partial charge in [0.15, 0.2) is 4.90 Å². The Morgan fingerprint density at radius 3 is 2.50 bits per heavy atom. The summed E-state index contributed by atoms with van der Waals surface area (Å²) in [5.41, 5.74) is -0.629. The Bertz CT molecular complexity index is 689. The van der Waals surface area contributed by atoms with E-state index >= 15 is 0 Å². The topological polar surface area (TPSA) is 127 Å². The number of nitro groups is 1. The smallest absolute Gasteiger partial charge is 0.321 e. The molecule has 0 saturated carbocycles. The molecule has 8 nitrogen and oxygen atoms in total. The summed E-state index contributed by atoms with van der Waals surface area (Å²) in [5.74, 6) is -1.40. The van der Waals surface area contributed by atoms with Gasteiger partial charge >= 0.3 is 5.97 Å². The van der Waals surface area contributed by atoms with Gasteiger partial charge in [-0.25, -0.2) is 8.42 Å². The molecule has 1 rings (SSSR count). The molecular formula is C12H15BrN2O6S. The number of aliphatic carboxylic acids is 1. The summed E-state index contributed by atoms with van der Waals surface area (Å²) >= 11 is 3.02. The van der Waals surface area contributed by atoms with Crippen LogP contribution in [0.3, 0.4) is 0 Å². The van der Waals surface area contributed by atoms with E-state index in [9.17, 15) is 23.3 Å². The molecular weight excluding hydrogens is 380 g/mol. The maximum atomic E-state index is 12.3. The minimum Gasteiger partial charge on any atom is -0.480 e. The van der Waals surface area contributed by atoms with Gasteiger partial charge < -0.3 is 5.11 Å². The van der Waals surface area contributed by atoms with Crippen molar-refractivity contribution in [3.05, 3.63) is 32.8 Å². The van der Waals surface area contributed by atoms with E-state index < -0.39 is 37.5 Å². The Morgan fingerprint density at radius 1 is 1.45 bits per heavy atom. The third-order valence-corrected chi connectivity index (χ3v) is 4.72. The molecule has 0 bridgehead atoms. The highest BCUT2D eigenvalue weighted by atomic mass is 79.9. The largest absolute Gasteiger partial charge is 0.480 e. The number of sulfonamides is 1. The van der Waals surface area contributed by atoms with Crippen LogP contribution < -0.4 is 4.72 Å². The summed E-state index contributed by atoms with van der Waals surface area (Å²) in [6.45, 7) is 3.48. The molecule has 0 aliphatic carbocycles. The molecule has 0 aromatic heterocycles. The zero-order valence-corrected chi connectivity index (χ0v) is 14.2. The van der Waals surface area contributed by atoms with Crippen molar-refractivity contribution >= 4 is 37.6 Å². The number of hydrogen-bond acceptors (Lipinski definition) is 5. The first kappa shape index (κ1) is 18.5. The molecule has 0 fully saturated rings. The molecule has 122 valence electrons. The standard InChI is InChI=1S/C12H15BrN2O6S/c1-7(2)5-9(12(16)17)14-22(20,21)11-4-3-8(13)6-10(11)15(18)19/h3-4,6-7,9,14H,5H2,1-2H3,(H,16,17)/t9-/m0/s1. The quantitative estimate of drug-likeness (QED) is 0.538. The van der Waals surface area contributed by atoms with Gasteiger partial charge in [0.25, 0.3) is 5.69 Å². The predicted octanol–water partition coefficient (Wildman–Crippen LogP) is 2.13. The highest BCUT2D eigenvalue weighted by Crippen LogP contribution is 2.27. The summed E-state index contributed by atoms with van der Waals surface area (Å²) < 4.78 is 26.9. The van der Waals surface area contributed by atoms with Crippen LogP contribution in [0.25, 0.3) is 0 Å². The molecule has 10 heteroatoms. The van der Waals surface area contributed by atoms with Crippen molar-refractivity contribution in [2.24, 2.45) is 5.92 Å². The van der Waals surface area contributed by atoms with Crippen LogP contribution in [0.5, 0.6) is 0 Å². The van der Waals surface area contributed by atoms with Crippen LogP contribution in [0.15, 0.2) is 27.6 Å². The minimum atomic E-state index is -4.34. The van der Waals surface area contributed by atoms with Crippen molar-refractivity contribution in [2.75, 3.05) is 0 Å². The minimum absolute atomic E-state index is 0.0660. The van der Waals surface area contributed by atoms with E-state index in [1.165, 1.54) is 6.07 Å². The van der Waals surface area contributed by atoms with E-state index in [1.807, 2.05) is 4.72 Å². The number of nitro benzene ring substituents is 1. The van der Waals surface area contributed by atoms with Crippen LogP contribution in [-0.2, 0) is 14.8 Å². The first-order valence-corrected chi connectivity index (χ1v) is 8.51. The first-order valence-electron chi connectivity index (χ1n) is 6.23. The zero-order valence-electron chi connectivity index (χ0n) is 11.8. The lowest BCUT2D eigenvalue weighted by atomic mass is 10.1. The van der Waals surface area contributed by atoms with Gasteiger partial charge in [0, 0.05) is 10.5 Å². The molecule has 1 aromatic carbocycles. The van der Waals surface area contributed by atoms with Crippen LogP contribution in [0.2, 0.25) is 0 Å². The molecule has 0 amide bonds. The lowest BCUT2D eigenvalue weighted by molar-refractivity contribution is -0.387. The Hall–Kier alpha value is -1.52. The summed E-state index contributed by atoms with van der Waals surface area (Å²) in [6.07, 6.45) is 0.0683. The normalized spacial score (nSPS) is 13.1. The van der Waals surface area contributed by atoms with Crippen molar-refractivity contribution in [2.45, 2.75) is 31.2 Å². The Labute approximate surface area is 135 Å². The van der Waals surface area contributed by atoms with E-state index in [2.05, 4.69) is 15.9 Å². The van der Waals surface area contributed by atoms with Crippen molar-refractivity contribution in [3.8, 4) is 0 Å². The Balaban J connectivity index is 3.24. The second-order valence-electron chi connectivity index (χ2n) is 5.01. The molecule has 0 saturated heterocycles. The first-order chi connectivity index (χ1) is 10.0. The van der Waals surface area contributed by atoms with E-state index in [1.54, 1.807) is 13.8 Å². The van der Waals surface area contributed by atoms with Crippen LogP contribution in [-0.4, -0.2) is 30.5 Å². The molecule has 0 aliphatic heterocycles. The van der Waals surface area contributed by atoms with Crippen LogP contribution in [0.4, 0.5) is 5.69 Å². The van der Waals surface area contributed by atoms with Gasteiger partial charge in [-0.3, -0.25) is 14.9 Å². The number of nitrogens with zero attached hydrogens (tertiary/aromatic N) is 1. The summed E-state index contributed by atoms with van der Waals surface area (Å²) in [5, 5.41) is 20.1. The van der Waals surface area contributed by atoms with Crippen molar-refractivity contribution < 1.29 is 23.2 Å². The van der Waals surface area contributed by atoms with E-state index in [4.69, 9.17) is 5.11 Å². The molecule has 0 radical (unpaired) electrons. The number of halogens is 1. The fraction of sp³-hybridized carbons (Fsp3) is 0.417. The lowest BCUT2D eigenvalue weighted by Crippen LogP contribution is -2.41. The van der Waals surface area contributed by atoms with Crippen LogP contribution in [0, 0.1) is 16.0 Å². The average Bonchev–Trinajstić information content (AvgIpc) is 2.36. The second-order valence-corrected chi connectivity index (χ2v) is 7.61. The monoisotopic (exact) mass is 394 g/mol. The maximum absolute atomic E-state index is 12.3. The van der Waals surface area contributed by atoms with E-state index in [0.717, 1.165) is 12.1 Å². The third-order valence-electron chi connectivity index (χ3n) is 2.71. The van der Waals surface area contributed by atoms with Gasteiger partial charge in [-0.2, -0.15) is 4.72 Å². The molecule has 22 heavy (non-hydrogen) atoms. The van der Waals surface area contributed by atoms with Gasteiger partial charge in [0.05, 0.1) is 4.92 Å². The second kappa shape index (κ2) is 7.16. The van der Waals surface area contributed by atoms with Crippen molar-refractivity contribution in [3.63, 3.8) is 0 Å². The number of carboxylic acids is 1. The highest BCUT2D eigenvalue weighted by Gasteiger charge is 2.31. The molecule has 0 heterocycles. The van der Waals surface area contributed by atoms with Crippen LogP contribution >= 0.6 is 15.9 Å². The van der Waals surface area contributed by atoms with Gasteiger partial charge in [-0.15, -0.1) is 0 Å². The lowest BCUT2D eigenvalue weighted by Gasteiger charge is -2.16. The Morgan fingerprint density at radius 2 is 2.05 bits per heavy atom. The molecule has 2 N–H and O–H groups in total. The summed E-state index contributed by atoms with van der Waals surface area (Å²) in [7, 11) is -4.34. The fourth-order valence-corrected chi connectivity index (χ4v) is 3.49. The van der Waals surface area contributed by atoms with Crippen molar-refractivity contribution in [1.82, 2.24) is 4.72 Å². The zero-order chi connectivity index (χ0) is 17.1. The highest BCUT2D eigenvalue weighted by molar-refractivity contribution is 9.10. The molecule has 1 aromatic rings. The Kier molecular flexibility index (Phi) is 6.03. The number of carbonyl (C=O) groups is 1. The molecule has 0 aliphatic rings. The van der Waals surface area contributed by atoms with Gasteiger partial charge in [0.1, 0.15) is 6.04 Å². The van der Waals surface area contributed by atoms with Gasteiger partial charge in [-0.1, -0.05) is 29.8 Å². The maximum Gasteiger partial charge on any atom is 0.321 e. The third kappa shape index (κ3) is 4.75. The van der Waals surface area contributed by atoms with Crippen molar-refractivity contribution in [1.29, 1.82) is 0 Å². The number of hydrogen-bond donors (Lipinski definition) is 2. The predicted molar refractivity (Wildman–Crippen MR) is 82.0 cm³/mol. The van der Waals surface area contributed by atoms with Gasteiger partial charge in [-0.05, 0) is 24.5 Å².